The first kappa shape index (κ1) is 22.1. The summed E-state index contributed by atoms with van der Waals surface area (Å²) in [6.07, 6.45) is 5.16. The lowest BCUT2D eigenvalue weighted by Crippen LogP contribution is -2.11. The van der Waals surface area contributed by atoms with Crippen LogP contribution in [0, 0.1) is 6.92 Å². The summed E-state index contributed by atoms with van der Waals surface area (Å²) in [6.45, 7) is 4.38. The lowest BCUT2D eigenvalue weighted by atomic mass is 10.1. The van der Waals surface area contributed by atoms with Crippen molar-refractivity contribution in [2.75, 3.05) is 17.2 Å². The maximum atomic E-state index is 12.9. The zero-order valence-corrected chi connectivity index (χ0v) is 19.3. The number of amides is 1. The lowest BCUT2D eigenvalue weighted by molar-refractivity contribution is 0.0998. The number of rotatable bonds is 7. The van der Waals surface area contributed by atoms with Gasteiger partial charge in [-0.3, -0.25) is 9.78 Å². The number of aromatic nitrogens is 3. The first-order valence-electron chi connectivity index (χ1n) is 11.2. The van der Waals surface area contributed by atoms with E-state index in [2.05, 4.69) is 25.6 Å². The fourth-order valence-corrected chi connectivity index (χ4v) is 3.66. The zero-order valence-electron chi connectivity index (χ0n) is 19.3. The second kappa shape index (κ2) is 9.64. The molecule has 0 unspecified atom stereocenters. The molecular formula is C27H23N5O3. The van der Waals surface area contributed by atoms with E-state index in [0.29, 0.717) is 29.6 Å². The van der Waals surface area contributed by atoms with E-state index in [4.69, 9.17) is 9.15 Å². The highest BCUT2D eigenvalue weighted by molar-refractivity contribution is 6.05. The molecule has 3 aromatic heterocycles. The number of anilines is 3. The molecule has 0 fully saturated rings. The van der Waals surface area contributed by atoms with Crippen LogP contribution in [-0.4, -0.2) is 27.5 Å². The highest BCUT2D eigenvalue weighted by Gasteiger charge is 2.16. The second-order valence-electron chi connectivity index (χ2n) is 7.83. The summed E-state index contributed by atoms with van der Waals surface area (Å²) in [6, 6.07) is 18.5. The number of ether oxygens (including phenoxy) is 1. The van der Waals surface area contributed by atoms with Crippen LogP contribution in [0.4, 0.5) is 17.3 Å². The van der Waals surface area contributed by atoms with Crippen molar-refractivity contribution >= 4 is 34.2 Å². The minimum absolute atomic E-state index is 0.203. The lowest BCUT2D eigenvalue weighted by Gasteiger charge is -2.12. The van der Waals surface area contributed by atoms with Crippen LogP contribution in [0.25, 0.3) is 22.2 Å². The number of benzene rings is 2. The Labute approximate surface area is 202 Å². The smallest absolute Gasteiger partial charge is 0.291 e. The van der Waals surface area contributed by atoms with E-state index in [1.165, 1.54) is 0 Å². The molecule has 1 amide bonds. The number of pyridine rings is 1. The summed E-state index contributed by atoms with van der Waals surface area (Å²) in [4.78, 5) is 26.0. The number of furan rings is 1. The third-order valence-corrected chi connectivity index (χ3v) is 5.39. The van der Waals surface area contributed by atoms with Crippen molar-refractivity contribution < 1.29 is 13.9 Å². The van der Waals surface area contributed by atoms with Crippen LogP contribution in [0.1, 0.15) is 23.0 Å². The molecule has 2 N–H and O–H groups in total. The minimum Gasteiger partial charge on any atom is -0.490 e. The minimum atomic E-state index is -0.353. The molecule has 0 radical (unpaired) electrons. The van der Waals surface area contributed by atoms with Crippen molar-refractivity contribution in [3.05, 3.63) is 90.6 Å². The fourth-order valence-electron chi connectivity index (χ4n) is 3.66. The molecule has 5 aromatic rings. The van der Waals surface area contributed by atoms with Crippen LogP contribution >= 0.6 is 0 Å². The number of carbonyl (C=O) groups is 1. The van der Waals surface area contributed by atoms with Gasteiger partial charge in [0.1, 0.15) is 0 Å². The van der Waals surface area contributed by atoms with Gasteiger partial charge in [-0.25, -0.2) is 9.97 Å². The Kier molecular flexibility index (Phi) is 6.09. The first-order chi connectivity index (χ1) is 17.1. The SMILES string of the molecule is CCOc1cccc2cc(C(=O)Nc3ccc(C)c(Nc4nccc(-c5cccnc5)n4)c3)oc12. The largest absolute Gasteiger partial charge is 0.490 e. The standard InChI is InChI=1S/C27H23N5O3/c1-3-34-23-8-4-6-18-14-24(35-25(18)23)26(33)30-20-10-9-17(2)22(15-20)32-27-29-13-11-21(31-27)19-7-5-12-28-16-19/h4-16H,3H2,1-2H3,(H,30,33)(H,29,31,32). The van der Waals surface area contributed by atoms with Crippen molar-refractivity contribution in [1.29, 1.82) is 0 Å². The summed E-state index contributed by atoms with van der Waals surface area (Å²) < 4.78 is 11.4. The molecule has 0 aliphatic rings. The molecule has 0 aliphatic heterocycles. The van der Waals surface area contributed by atoms with Gasteiger partial charge >= 0.3 is 0 Å². The van der Waals surface area contributed by atoms with Gasteiger partial charge < -0.3 is 19.8 Å². The number of para-hydroxylation sites is 1. The topological polar surface area (TPSA) is 102 Å². The molecule has 2 aromatic carbocycles. The van der Waals surface area contributed by atoms with Gasteiger partial charge in [-0.05, 0) is 61.9 Å². The van der Waals surface area contributed by atoms with Gasteiger partial charge in [-0.1, -0.05) is 18.2 Å². The van der Waals surface area contributed by atoms with E-state index >= 15 is 0 Å². The Morgan fingerprint density at radius 1 is 1.06 bits per heavy atom. The third-order valence-electron chi connectivity index (χ3n) is 5.39. The van der Waals surface area contributed by atoms with Gasteiger partial charge in [0.05, 0.1) is 12.3 Å². The maximum absolute atomic E-state index is 12.9. The number of nitrogens with one attached hydrogen (secondary N) is 2. The molecule has 3 heterocycles. The first-order valence-corrected chi connectivity index (χ1v) is 11.2. The summed E-state index contributed by atoms with van der Waals surface area (Å²) in [5, 5.41) is 6.95. The van der Waals surface area contributed by atoms with Crippen molar-refractivity contribution in [2.24, 2.45) is 0 Å². The molecule has 174 valence electrons. The summed E-state index contributed by atoms with van der Waals surface area (Å²) in [5.41, 5.74) is 4.56. The summed E-state index contributed by atoms with van der Waals surface area (Å²) in [5.74, 6) is 0.904. The average molecular weight is 466 g/mol. The number of carbonyl (C=O) groups excluding carboxylic acids is 1. The maximum Gasteiger partial charge on any atom is 0.291 e. The highest BCUT2D eigenvalue weighted by atomic mass is 16.5. The average Bonchev–Trinajstić information content (AvgIpc) is 3.33. The van der Waals surface area contributed by atoms with Gasteiger partial charge in [-0.2, -0.15) is 0 Å². The fraction of sp³-hybridized carbons (Fsp3) is 0.111. The third kappa shape index (κ3) is 4.81. The Hall–Kier alpha value is -4.72. The molecular weight excluding hydrogens is 442 g/mol. The van der Waals surface area contributed by atoms with E-state index in [1.54, 1.807) is 24.7 Å². The Balaban J connectivity index is 1.36. The second-order valence-corrected chi connectivity index (χ2v) is 7.83. The van der Waals surface area contributed by atoms with Crippen molar-refractivity contribution in [2.45, 2.75) is 13.8 Å². The number of nitrogens with zero attached hydrogens (tertiary/aromatic N) is 3. The molecule has 35 heavy (non-hydrogen) atoms. The van der Waals surface area contributed by atoms with Crippen LogP contribution in [0.2, 0.25) is 0 Å². The molecule has 8 nitrogen and oxygen atoms in total. The van der Waals surface area contributed by atoms with E-state index in [9.17, 15) is 4.79 Å². The van der Waals surface area contributed by atoms with E-state index in [1.807, 2.05) is 68.4 Å². The van der Waals surface area contributed by atoms with E-state index in [-0.39, 0.29) is 11.7 Å². The predicted molar refractivity (Wildman–Crippen MR) is 135 cm³/mol. The highest BCUT2D eigenvalue weighted by Crippen LogP contribution is 2.30. The van der Waals surface area contributed by atoms with Crippen LogP contribution < -0.4 is 15.4 Å². The van der Waals surface area contributed by atoms with Crippen molar-refractivity contribution in [3.8, 4) is 17.0 Å². The Morgan fingerprint density at radius 2 is 1.97 bits per heavy atom. The van der Waals surface area contributed by atoms with Crippen molar-refractivity contribution in [3.63, 3.8) is 0 Å². The molecule has 8 heteroatoms. The van der Waals surface area contributed by atoms with Gasteiger partial charge in [0.25, 0.3) is 5.91 Å². The number of aryl methyl sites for hydroxylation is 1. The van der Waals surface area contributed by atoms with Gasteiger partial charge in [0.15, 0.2) is 17.1 Å². The van der Waals surface area contributed by atoms with Crippen molar-refractivity contribution in [1.82, 2.24) is 15.0 Å². The zero-order chi connectivity index (χ0) is 24.2. The molecule has 0 spiro atoms. The molecule has 0 aliphatic carbocycles. The number of fused-ring (bicyclic) bond motifs is 1. The molecule has 5 rings (SSSR count). The van der Waals surface area contributed by atoms with E-state index in [0.717, 1.165) is 27.9 Å². The number of hydrogen-bond acceptors (Lipinski definition) is 7. The van der Waals surface area contributed by atoms with Gasteiger partial charge in [0.2, 0.25) is 5.95 Å². The summed E-state index contributed by atoms with van der Waals surface area (Å²) in [7, 11) is 0. The molecule has 0 atom stereocenters. The number of hydrogen-bond donors (Lipinski definition) is 2. The van der Waals surface area contributed by atoms with Gasteiger partial charge in [0, 0.05) is 40.9 Å². The molecule has 0 saturated carbocycles. The Bertz CT molecular complexity index is 1500. The monoisotopic (exact) mass is 465 g/mol. The van der Waals surface area contributed by atoms with Crippen LogP contribution in [0.15, 0.2) is 83.7 Å². The van der Waals surface area contributed by atoms with Crippen LogP contribution in [0.5, 0.6) is 5.75 Å². The van der Waals surface area contributed by atoms with Crippen LogP contribution in [0.3, 0.4) is 0 Å². The van der Waals surface area contributed by atoms with E-state index < -0.39 is 0 Å². The Morgan fingerprint density at radius 3 is 2.80 bits per heavy atom. The molecule has 0 saturated heterocycles. The molecule has 0 bridgehead atoms. The summed E-state index contributed by atoms with van der Waals surface area (Å²) >= 11 is 0. The van der Waals surface area contributed by atoms with Crippen LogP contribution in [-0.2, 0) is 0 Å². The quantitative estimate of drug-likeness (QED) is 0.304. The predicted octanol–water partition coefficient (Wildman–Crippen LogP) is 5.99. The normalized spacial score (nSPS) is 10.8. The van der Waals surface area contributed by atoms with Gasteiger partial charge in [-0.15, -0.1) is 0 Å².